The first-order chi connectivity index (χ1) is 7.29. The first-order valence-electron chi connectivity index (χ1n) is 5.05. The maximum atomic E-state index is 11.5. The summed E-state index contributed by atoms with van der Waals surface area (Å²) in [6, 6.07) is 0. The van der Waals surface area contributed by atoms with E-state index in [2.05, 4.69) is 4.98 Å². The number of hydrogen-bond acceptors (Lipinski definition) is 4. The second kappa shape index (κ2) is 4.72. The molecule has 82 valence electrons. The summed E-state index contributed by atoms with van der Waals surface area (Å²) in [5.74, 6) is 0.303. The van der Waals surface area contributed by atoms with Crippen LogP contribution in [0.5, 0.6) is 0 Å². The number of likely N-dealkylation sites (tertiary alicyclic amines) is 1. The molecule has 15 heavy (non-hydrogen) atoms. The third-order valence-corrected chi connectivity index (χ3v) is 3.50. The average Bonchev–Trinajstić information content (AvgIpc) is 2.84. The molecular formula is C10H14N2O2S. The van der Waals surface area contributed by atoms with Gasteiger partial charge in [0.05, 0.1) is 5.51 Å². The van der Waals surface area contributed by atoms with Gasteiger partial charge in [-0.15, -0.1) is 11.3 Å². The van der Waals surface area contributed by atoms with Gasteiger partial charge in [-0.2, -0.15) is 0 Å². The molecule has 1 aromatic rings. The fraction of sp³-hybridized carbons (Fsp3) is 0.600. The van der Waals surface area contributed by atoms with Crippen molar-refractivity contribution in [1.82, 2.24) is 9.88 Å². The molecule has 1 N–H and O–H groups in total. The number of hydrogen-bond donors (Lipinski definition) is 1. The lowest BCUT2D eigenvalue weighted by molar-refractivity contribution is -0.127. The third kappa shape index (κ3) is 2.54. The molecule has 1 aromatic heterocycles. The molecule has 0 aromatic carbocycles. The summed E-state index contributed by atoms with van der Waals surface area (Å²) in [7, 11) is 0. The van der Waals surface area contributed by atoms with E-state index in [-0.39, 0.29) is 18.4 Å². The zero-order chi connectivity index (χ0) is 10.7. The lowest BCUT2D eigenvalue weighted by atomic mass is 10.1. The molecule has 0 saturated carbocycles. The Morgan fingerprint density at radius 2 is 2.53 bits per heavy atom. The van der Waals surface area contributed by atoms with Crippen LogP contribution in [0.2, 0.25) is 0 Å². The van der Waals surface area contributed by atoms with Crippen molar-refractivity contribution in [3.05, 3.63) is 16.6 Å². The highest BCUT2D eigenvalue weighted by Crippen LogP contribution is 2.18. The van der Waals surface area contributed by atoms with E-state index in [0.717, 1.165) is 13.0 Å². The highest BCUT2D eigenvalue weighted by molar-refractivity contribution is 7.09. The number of carbonyl (C=O) groups is 1. The number of carbonyl (C=O) groups excluding carboxylic acids is 1. The summed E-state index contributed by atoms with van der Waals surface area (Å²) in [6.45, 7) is 1.56. The summed E-state index contributed by atoms with van der Waals surface area (Å²) in [4.78, 5) is 18.5. The summed E-state index contributed by atoms with van der Waals surface area (Å²) < 4.78 is 0. The number of aliphatic hydroxyl groups excluding tert-OH is 1. The minimum atomic E-state index is 0.114. The topological polar surface area (TPSA) is 53.4 Å². The van der Waals surface area contributed by atoms with E-state index in [1.165, 1.54) is 4.88 Å². The van der Waals surface area contributed by atoms with Crippen LogP contribution in [-0.2, 0) is 11.2 Å². The molecule has 2 heterocycles. The number of nitrogens with zero attached hydrogens (tertiary/aromatic N) is 2. The molecule has 4 nitrogen and oxygen atoms in total. The Hall–Kier alpha value is -0.940. The molecule has 0 bridgehead atoms. The molecule has 1 aliphatic rings. The highest BCUT2D eigenvalue weighted by atomic mass is 32.1. The van der Waals surface area contributed by atoms with Crippen LogP contribution in [0, 0.1) is 5.92 Å². The molecule has 1 saturated heterocycles. The van der Waals surface area contributed by atoms with Crippen LogP contribution < -0.4 is 0 Å². The minimum Gasteiger partial charge on any atom is -0.396 e. The van der Waals surface area contributed by atoms with Gasteiger partial charge < -0.3 is 10.0 Å². The van der Waals surface area contributed by atoms with Gasteiger partial charge in [0.2, 0.25) is 5.91 Å². The SMILES string of the molecule is O=C1CC(CO)CN1CCc1cncs1. The summed E-state index contributed by atoms with van der Waals surface area (Å²) >= 11 is 1.62. The molecule has 1 aliphatic heterocycles. The van der Waals surface area contributed by atoms with Gasteiger partial charge in [0, 0.05) is 49.5 Å². The number of aromatic nitrogens is 1. The fourth-order valence-corrected chi connectivity index (χ4v) is 2.39. The van der Waals surface area contributed by atoms with Crippen molar-refractivity contribution in [2.24, 2.45) is 5.92 Å². The maximum absolute atomic E-state index is 11.5. The Balaban J connectivity index is 1.83. The molecule has 1 atom stereocenters. The standard InChI is InChI=1S/C10H14N2O2S/c13-6-8-3-10(14)12(5-8)2-1-9-4-11-7-15-9/h4,7-8,13H,1-3,5-6H2. The van der Waals surface area contributed by atoms with Crippen LogP contribution in [0.1, 0.15) is 11.3 Å². The zero-order valence-electron chi connectivity index (χ0n) is 8.43. The van der Waals surface area contributed by atoms with E-state index in [1.54, 1.807) is 16.8 Å². The second-order valence-corrected chi connectivity index (χ2v) is 4.78. The van der Waals surface area contributed by atoms with Crippen molar-refractivity contribution in [2.75, 3.05) is 19.7 Å². The molecule has 5 heteroatoms. The minimum absolute atomic E-state index is 0.114. The number of aliphatic hydroxyl groups is 1. The van der Waals surface area contributed by atoms with Gasteiger partial charge in [-0.25, -0.2) is 0 Å². The Labute approximate surface area is 92.6 Å². The summed E-state index contributed by atoms with van der Waals surface area (Å²) in [5, 5.41) is 8.97. The first kappa shape index (κ1) is 10.6. The van der Waals surface area contributed by atoms with Gasteiger partial charge in [-0.1, -0.05) is 0 Å². The average molecular weight is 226 g/mol. The predicted molar refractivity (Wildman–Crippen MR) is 57.6 cm³/mol. The second-order valence-electron chi connectivity index (χ2n) is 3.81. The molecule has 0 radical (unpaired) electrons. The van der Waals surface area contributed by atoms with Crippen molar-refractivity contribution in [3.8, 4) is 0 Å². The van der Waals surface area contributed by atoms with Gasteiger partial charge in [0.15, 0.2) is 0 Å². The number of rotatable bonds is 4. The quantitative estimate of drug-likeness (QED) is 0.814. The van der Waals surface area contributed by atoms with E-state index in [0.29, 0.717) is 13.0 Å². The summed E-state index contributed by atoms with van der Waals surface area (Å²) in [5.41, 5.74) is 1.80. The van der Waals surface area contributed by atoms with Crippen molar-refractivity contribution >= 4 is 17.2 Å². The Morgan fingerprint density at radius 3 is 3.13 bits per heavy atom. The largest absolute Gasteiger partial charge is 0.396 e. The third-order valence-electron chi connectivity index (χ3n) is 2.66. The highest BCUT2D eigenvalue weighted by Gasteiger charge is 2.28. The van der Waals surface area contributed by atoms with Gasteiger partial charge >= 0.3 is 0 Å². The number of thiazole rings is 1. The van der Waals surface area contributed by atoms with Gasteiger partial charge in [0.25, 0.3) is 0 Å². The van der Waals surface area contributed by atoms with Crippen LogP contribution >= 0.6 is 11.3 Å². The van der Waals surface area contributed by atoms with Crippen molar-refractivity contribution < 1.29 is 9.90 Å². The smallest absolute Gasteiger partial charge is 0.223 e. The van der Waals surface area contributed by atoms with Crippen LogP contribution in [0.4, 0.5) is 0 Å². The lowest BCUT2D eigenvalue weighted by Gasteiger charge is -2.15. The molecule has 1 unspecified atom stereocenters. The van der Waals surface area contributed by atoms with E-state index in [4.69, 9.17) is 5.11 Å². The normalized spacial score (nSPS) is 21.3. The van der Waals surface area contributed by atoms with E-state index in [1.807, 2.05) is 11.1 Å². The molecule has 0 spiro atoms. The monoisotopic (exact) mass is 226 g/mol. The lowest BCUT2D eigenvalue weighted by Crippen LogP contribution is -2.27. The number of amides is 1. The van der Waals surface area contributed by atoms with E-state index in [9.17, 15) is 4.79 Å². The van der Waals surface area contributed by atoms with Crippen LogP contribution in [0.25, 0.3) is 0 Å². The van der Waals surface area contributed by atoms with Crippen molar-refractivity contribution in [2.45, 2.75) is 12.8 Å². The Bertz CT molecular complexity index is 326. The van der Waals surface area contributed by atoms with Gasteiger partial charge in [-0.05, 0) is 0 Å². The summed E-state index contributed by atoms with van der Waals surface area (Å²) in [6.07, 6.45) is 3.21. The van der Waals surface area contributed by atoms with E-state index < -0.39 is 0 Å². The molecular weight excluding hydrogens is 212 g/mol. The van der Waals surface area contributed by atoms with Crippen LogP contribution in [0.15, 0.2) is 11.7 Å². The predicted octanol–water partition coefficient (Wildman–Crippen LogP) is 0.526. The maximum Gasteiger partial charge on any atom is 0.223 e. The van der Waals surface area contributed by atoms with Gasteiger partial charge in [-0.3, -0.25) is 9.78 Å². The molecule has 2 rings (SSSR count). The Kier molecular flexibility index (Phi) is 3.33. The van der Waals surface area contributed by atoms with E-state index >= 15 is 0 Å². The molecule has 1 fully saturated rings. The van der Waals surface area contributed by atoms with Crippen LogP contribution in [0.3, 0.4) is 0 Å². The van der Waals surface area contributed by atoms with Crippen molar-refractivity contribution in [3.63, 3.8) is 0 Å². The van der Waals surface area contributed by atoms with Crippen LogP contribution in [-0.4, -0.2) is 40.6 Å². The van der Waals surface area contributed by atoms with Gasteiger partial charge in [0.1, 0.15) is 0 Å². The fourth-order valence-electron chi connectivity index (χ4n) is 1.80. The molecule has 0 aliphatic carbocycles. The first-order valence-corrected chi connectivity index (χ1v) is 5.93. The molecule has 1 amide bonds. The van der Waals surface area contributed by atoms with Crippen molar-refractivity contribution in [1.29, 1.82) is 0 Å². The zero-order valence-corrected chi connectivity index (χ0v) is 9.24. The Morgan fingerprint density at radius 1 is 1.67 bits per heavy atom.